The van der Waals surface area contributed by atoms with Gasteiger partial charge in [-0.3, -0.25) is 9.48 Å². The Kier molecular flexibility index (Phi) is 5.76. The van der Waals surface area contributed by atoms with Gasteiger partial charge in [0, 0.05) is 18.8 Å². The van der Waals surface area contributed by atoms with E-state index in [1.54, 1.807) is 42.2 Å². The molecule has 124 valence electrons. The maximum atomic E-state index is 12.4. The molecule has 0 aliphatic carbocycles. The van der Waals surface area contributed by atoms with Crippen LogP contribution in [0.2, 0.25) is 0 Å². The van der Waals surface area contributed by atoms with Gasteiger partial charge >= 0.3 is 0 Å². The van der Waals surface area contributed by atoms with Crippen LogP contribution in [0.3, 0.4) is 0 Å². The first kappa shape index (κ1) is 17.0. The van der Waals surface area contributed by atoms with Gasteiger partial charge in [-0.15, -0.1) is 0 Å². The Hall–Kier alpha value is -2.34. The van der Waals surface area contributed by atoms with Crippen LogP contribution in [0.1, 0.15) is 35.9 Å². The number of aliphatic hydroxyl groups excluding tert-OH is 1. The maximum absolute atomic E-state index is 12.4. The first-order chi connectivity index (χ1) is 11.0. The second-order valence-electron chi connectivity index (χ2n) is 5.82. The number of aromatic nitrogens is 2. The van der Waals surface area contributed by atoms with Crippen molar-refractivity contribution in [3.63, 3.8) is 0 Å². The smallest absolute Gasteiger partial charge is 0.252 e. The molecule has 0 aliphatic rings. The Morgan fingerprint density at radius 3 is 2.78 bits per heavy atom. The molecule has 1 aromatic carbocycles. The molecular weight excluding hydrogens is 294 g/mol. The maximum Gasteiger partial charge on any atom is 0.252 e. The zero-order valence-corrected chi connectivity index (χ0v) is 13.7. The number of carbonyl (C=O) groups excluding carboxylic acids is 1. The molecule has 6 nitrogen and oxygen atoms in total. The van der Waals surface area contributed by atoms with E-state index in [-0.39, 0.29) is 12.5 Å². The molecule has 1 aromatic heterocycles. The number of aliphatic hydroxyl groups is 1. The molecule has 2 aromatic rings. The minimum atomic E-state index is -0.504. The van der Waals surface area contributed by atoms with Gasteiger partial charge < -0.3 is 15.2 Å². The number of hydrogen-bond donors (Lipinski definition) is 2. The van der Waals surface area contributed by atoms with E-state index in [1.807, 2.05) is 6.07 Å². The van der Waals surface area contributed by atoms with Gasteiger partial charge in [0.1, 0.15) is 5.75 Å². The molecule has 0 bridgehead atoms. The van der Waals surface area contributed by atoms with Gasteiger partial charge in [-0.25, -0.2) is 0 Å². The fraction of sp³-hybridized carbons (Fsp3) is 0.412. The van der Waals surface area contributed by atoms with Crippen LogP contribution in [-0.4, -0.2) is 34.0 Å². The van der Waals surface area contributed by atoms with Gasteiger partial charge in [0.25, 0.3) is 5.91 Å². The Morgan fingerprint density at radius 1 is 1.39 bits per heavy atom. The van der Waals surface area contributed by atoms with E-state index < -0.39 is 6.04 Å². The third-order valence-electron chi connectivity index (χ3n) is 3.38. The summed E-state index contributed by atoms with van der Waals surface area (Å²) < 4.78 is 7.27. The molecule has 0 fully saturated rings. The summed E-state index contributed by atoms with van der Waals surface area (Å²) in [6.45, 7) is 4.53. The van der Waals surface area contributed by atoms with Crippen molar-refractivity contribution in [2.75, 3.05) is 13.2 Å². The summed E-state index contributed by atoms with van der Waals surface area (Å²) in [5.74, 6) is 0.809. The molecule has 2 rings (SSSR count). The summed E-state index contributed by atoms with van der Waals surface area (Å²) >= 11 is 0. The molecule has 2 N–H and O–H groups in total. The summed E-state index contributed by atoms with van der Waals surface area (Å²) in [7, 11) is 1.77. The molecule has 23 heavy (non-hydrogen) atoms. The van der Waals surface area contributed by atoms with Crippen LogP contribution in [0.4, 0.5) is 0 Å². The van der Waals surface area contributed by atoms with Crippen molar-refractivity contribution in [3.05, 3.63) is 47.8 Å². The van der Waals surface area contributed by atoms with Crippen LogP contribution >= 0.6 is 0 Å². The number of nitrogens with one attached hydrogen (secondary N) is 1. The lowest BCUT2D eigenvalue weighted by Crippen LogP contribution is -2.32. The predicted octanol–water partition coefficient (Wildman–Crippen LogP) is 1.92. The van der Waals surface area contributed by atoms with Crippen LogP contribution < -0.4 is 10.1 Å². The lowest BCUT2D eigenvalue weighted by atomic mass is 10.1. The molecular formula is C17H23N3O3. The lowest BCUT2D eigenvalue weighted by Gasteiger charge is -2.17. The fourth-order valence-corrected chi connectivity index (χ4v) is 2.17. The van der Waals surface area contributed by atoms with Crippen LogP contribution in [0.5, 0.6) is 5.75 Å². The molecule has 1 unspecified atom stereocenters. The van der Waals surface area contributed by atoms with Crippen molar-refractivity contribution in [3.8, 4) is 5.75 Å². The average Bonchev–Trinajstić information content (AvgIpc) is 2.96. The van der Waals surface area contributed by atoms with Crippen molar-refractivity contribution < 1.29 is 14.6 Å². The highest BCUT2D eigenvalue weighted by Crippen LogP contribution is 2.16. The van der Waals surface area contributed by atoms with Crippen molar-refractivity contribution in [1.29, 1.82) is 0 Å². The largest absolute Gasteiger partial charge is 0.493 e. The van der Waals surface area contributed by atoms with Crippen molar-refractivity contribution in [1.82, 2.24) is 15.1 Å². The van der Waals surface area contributed by atoms with Gasteiger partial charge in [-0.1, -0.05) is 19.9 Å². The van der Waals surface area contributed by atoms with Crippen LogP contribution in [-0.2, 0) is 7.05 Å². The molecule has 0 radical (unpaired) electrons. The quantitative estimate of drug-likeness (QED) is 0.818. The highest BCUT2D eigenvalue weighted by Gasteiger charge is 2.18. The summed E-state index contributed by atoms with van der Waals surface area (Å²) in [6.07, 6.45) is 1.63. The molecule has 0 aliphatic heterocycles. The summed E-state index contributed by atoms with van der Waals surface area (Å²) in [4.78, 5) is 12.4. The van der Waals surface area contributed by atoms with Crippen LogP contribution in [0, 0.1) is 5.92 Å². The number of amides is 1. The second kappa shape index (κ2) is 7.78. The van der Waals surface area contributed by atoms with Gasteiger partial charge in [-0.2, -0.15) is 5.10 Å². The number of carbonyl (C=O) groups is 1. The standard InChI is InChI=1S/C17H23N3O3/c1-12(2)11-23-14-6-4-5-13(9-14)17(22)19-15(10-21)16-7-8-18-20(16)3/h4-9,12,15,21H,10-11H2,1-3H3,(H,19,22). The van der Waals surface area contributed by atoms with Crippen molar-refractivity contribution >= 4 is 5.91 Å². The van der Waals surface area contributed by atoms with Crippen LogP contribution in [0.25, 0.3) is 0 Å². The van der Waals surface area contributed by atoms with E-state index in [2.05, 4.69) is 24.3 Å². The van der Waals surface area contributed by atoms with Gasteiger partial charge in [0.2, 0.25) is 0 Å². The molecule has 1 heterocycles. The third-order valence-corrected chi connectivity index (χ3v) is 3.38. The van der Waals surface area contributed by atoms with E-state index >= 15 is 0 Å². The third kappa shape index (κ3) is 4.56. The Bertz CT molecular complexity index is 652. The number of hydrogen-bond acceptors (Lipinski definition) is 4. The lowest BCUT2D eigenvalue weighted by molar-refractivity contribution is 0.0913. The summed E-state index contributed by atoms with van der Waals surface area (Å²) in [6, 6.07) is 8.29. The minimum absolute atomic E-state index is 0.200. The molecule has 0 spiro atoms. The predicted molar refractivity (Wildman–Crippen MR) is 87.3 cm³/mol. The zero-order chi connectivity index (χ0) is 16.8. The molecule has 1 atom stereocenters. The van der Waals surface area contributed by atoms with E-state index in [1.165, 1.54) is 0 Å². The number of rotatable bonds is 7. The number of ether oxygens (including phenoxy) is 1. The Balaban J connectivity index is 2.07. The molecule has 0 saturated carbocycles. The first-order valence-corrected chi connectivity index (χ1v) is 7.63. The van der Waals surface area contributed by atoms with Gasteiger partial charge in [0.15, 0.2) is 0 Å². The number of nitrogens with zero attached hydrogens (tertiary/aromatic N) is 2. The summed E-state index contributed by atoms with van der Waals surface area (Å²) in [5.41, 5.74) is 1.24. The van der Waals surface area contributed by atoms with E-state index in [0.717, 1.165) is 5.69 Å². The molecule has 1 amide bonds. The van der Waals surface area contributed by atoms with E-state index in [4.69, 9.17) is 4.74 Å². The zero-order valence-electron chi connectivity index (χ0n) is 13.7. The second-order valence-corrected chi connectivity index (χ2v) is 5.82. The fourth-order valence-electron chi connectivity index (χ4n) is 2.17. The Labute approximate surface area is 136 Å². The summed E-state index contributed by atoms with van der Waals surface area (Å²) in [5, 5.41) is 16.4. The van der Waals surface area contributed by atoms with Crippen molar-refractivity contribution in [2.24, 2.45) is 13.0 Å². The Morgan fingerprint density at radius 2 is 2.17 bits per heavy atom. The van der Waals surface area contributed by atoms with Crippen molar-refractivity contribution in [2.45, 2.75) is 19.9 Å². The SMILES string of the molecule is CC(C)COc1cccc(C(=O)NC(CO)c2ccnn2C)c1. The van der Waals surface area contributed by atoms with E-state index in [9.17, 15) is 9.90 Å². The number of benzene rings is 1. The molecule has 6 heteroatoms. The van der Waals surface area contributed by atoms with Gasteiger partial charge in [0.05, 0.1) is 24.9 Å². The average molecular weight is 317 g/mol. The number of aryl methyl sites for hydroxylation is 1. The minimum Gasteiger partial charge on any atom is -0.493 e. The van der Waals surface area contributed by atoms with Crippen LogP contribution in [0.15, 0.2) is 36.5 Å². The topological polar surface area (TPSA) is 76.4 Å². The van der Waals surface area contributed by atoms with Gasteiger partial charge in [-0.05, 0) is 30.2 Å². The highest BCUT2D eigenvalue weighted by molar-refractivity contribution is 5.94. The normalized spacial score (nSPS) is 12.2. The molecule has 0 saturated heterocycles. The van der Waals surface area contributed by atoms with E-state index in [0.29, 0.717) is 23.8 Å². The first-order valence-electron chi connectivity index (χ1n) is 7.63. The monoisotopic (exact) mass is 317 g/mol. The highest BCUT2D eigenvalue weighted by atomic mass is 16.5.